The van der Waals surface area contributed by atoms with Gasteiger partial charge >= 0.3 is 0 Å². The van der Waals surface area contributed by atoms with Gasteiger partial charge in [0.2, 0.25) is 5.16 Å². The first-order valence-electron chi connectivity index (χ1n) is 8.20. The molecule has 0 saturated heterocycles. The zero-order chi connectivity index (χ0) is 17.7. The van der Waals surface area contributed by atoms with Crippen molar-refractivity contribution >= 4 is 44.7 Å². The highest BCUT2D eigenvalue weighted by molar-refractivity contribution is 7.99. The molecule has 0 aromatic carbocycles. The second kappa shape index (κ2) is 6.29. The first-order valence-corrected chi connectivity index (χ1v) is 10.8. The molecule has 1 fully saturated rings. The Bertz CT molecular complexity index is 1120. The second-order valence-electron chi connectivity index (χ2n) is 6.16. The molecule has 26 heavy (non-hydrogen) atoms. The number of thioether (sulfide) groups is 1. The predicted molar refractivity (Wildman–Crippen MR) is 104 cm³/mol. The van der Waals surface area contributed by atoms with Gasteiger partial charge in [0.15, 0.2) is 0 Å². The quantitative estimate of drug-likeness (QED) is 0.510. The zero-order valence-electron chi connectivity index (χ0n) is 13.7. The lowest BCUT2D eigenvalue weighted by Gasteiger charge is -2.10. The summed E-state index contributed by atoms with van der Waals surface area (Å²) in [6.07, 6.45) is 2.24. The number of fused-ring (bicyclic) bond motifs is 1. The molecule has 4 aromatic rings. The SMILES string of the molecule is C[C@H](Sc1nnnn1C1CC1)c1nc2scc(-c3cccs3)c2c(=O)[nH]1. The molecule has 5 rings (SSSR count). The van der Waals surface area contributed by atoms with Crippen LogP contribution < -0.4 is 5.56 Å². The van der Waals surface area contributed by atoms with E-state index in [1.807, 2.05) is 34.5 Å². The summed E-state index contributed by atoms with van der Waals surface area (Å²) in [5.74, 6) is 0.650. The van der Waals surface area contributed by atoms with E-state index < -0.39 is 0 Å². The lowest BCUT2D eigenvalue weighted by molar-refractivity contribution is 0.564. The van der Waals surface area contributed by atoms with E-state index in [1.54, 1.807) is 11.3 Å². The van der Waals surface area contributed by atoms with Gasteiger partial charge in [-0.2, -0.15) is 0 Å². The first-order chi connectivity index (χ1) is 12.7. The van der Waals surface area contributed by atoms with Crippen LogP contribution in [0.25, 0.3) is 20.7 Å². The highest BCUT2D eigenvalue weighted by Crippen LogP contribution is 2.40. The summed E-state index contributed by atoms with van der Waals surface area (Å²) >= 11 is 4.65. The molecule has 1 saturated carbocycles. The molecule has 0 spiro atoms. The Hall–Kier alpha value is -2.04. The molecule has 1 aliphatic rings. The summed E-state index contributed by atoms with van der Waals surface area (Å²) in [6.45, 7) is 2.01. The Labute approximate surface area is 160 Å². The van der Waals surface area contributed by atoms with Gasteiger partial charge in [-0.15, -0.1) is 27.8 Å². The van der Waals surface area contributed by atoms with Crippen molar-refractivity contribution in [2.75, 3.05) is 0 Å². The maximum Gasteiger partial charge on any atom is 0.260 e. The molecule has 0 aliphatic heterocycles. The Morgan fingerprint density at radius 3 is 3.04 bits per heavy atom. The van der Waals surface area contributed by atoms with E-state index in [9.17, 15) is 4.79 Å². The average Bonchev–Trinajstić information content (AvgIpc) is 3.06. The van der Waals surface area contributed by atoms with Crippen LogP contribution in [0.2, 0.25) is 0 Å². The number of hydrogen-bond donors (Lipinski definition) is 1. The molecule has 0 radical (unpaired) electrons. The third-order valence-corrected chi connectivity index (χ3v) is 7.10. The highest BCUT2D eigenvalue weighted by atomic mass is 32.2. The van der Waals surface area contributed by atoms with Gasteiger partial charge in [-0.05, 0) is 41.6 Å². The van der Waals surface area contributed by atoms with Crippen molar-refractivity contribution in [3.8, 4) is 10.4 Å². The van der Waals surface area contributed by atoms with Crippen molar-refractivity contribution in [1.29, 1.82) is 0 Å². The van der Waals surface area contributed by atoms with Crippen LogP contribution in [-0.2, 0) is 0 Å². The summed E-state index contributed by atoms with van der Waals surface area (Å²) in [5.41, 5.74) is 0.863. The van der Waals surface area contributed by atoms with Crippen LogP contribution in [0.15, 0.2) is 32.8 Å². The summed E-state index contributed by atoms with van der Waals surface area (Å²) in [4.78, 5) is 22.2. The lowest BCUT2D eigenvalue weighted by atomic mass is 10.2. The Kier molecular flexibility index (Phi) is 3.91. The smallest absolute Gasteiger partial charge is 0.260 e. The fourth-order valence-corrected chi connectivity index (χ4v) is 5.48. The van der Waals surface area contributed by atoms with Gasteiger partial charge in [-0.25, -0.2) is 9.67 Å². The minimum absolute atomic E-state index is 0.0529. The van der Waals surface area contributed by atoms with E-state index in [1.165, 1.54) is 23.1 Å². The van der Waals surface area contributed by atoms with Crippen LogP contribution in [0.3, 0.4) is 0 Å². The van der Waals surface area contributed by atoms with E-state index in [0.717, 1.165) is 33.3 Å². The normalized spacial score (nSPS) is 15.6. The van der Waals surface area contributed by atoms with E-state index in [-0.39, 0.29) is 10.8 Å². The van der Waals surface area contributed by atoms with Gasteiger partial charge in [0.25, 0.3) is 5.56 Å². The number of aromatic nitrogens is 6. The molecule has 132 valence electrons. The molecular weight excluding hydrogens is 388 g/mol. The molecule has 1 N–H and O–H groups in total. The maximum absolute atomic E-state index is 12.7. The minimum Gasteiger partial charge on any atom is -0.309 e. The number of hydrogen-bond acceptors (Lipinski definition) is 8. The number of nitrogens with one attached hydrogen (secondary N) is 1. The molecule has 1 atom stereocenters. The van der Waals surface area contributed by atoms with Gasteiger partial charge in [0.1, 0.15) is 10.7 Å². The molecule has 1 aliphatic carbocycles. The average molecular weight is 403 g/mol. The number of nitrogens with zero attached hydrogens (tertiary/aromatic N) is 5. The van der Waals surface area contributed by atoms with E-state index in [0.29, 0.717) is 17.3 Å². The first kappa shape index (κ1) is 16.2. The van der Waals surface area contributed by atoms with Crippen molar-refractivity contribution in [3.63, 3.8) is 0 Å². The van der Waals surface area contributed by atoms with Crippen LogP contribution in [0.1, 0.15) is 36.9 Å². The predicted octanol–water partition coefficient (Wildman–Crippen LogP) is 3.89. The molecule has 0 amide bonds. The molecule has 10 heteroatoms. The fraction of sp³-hybridized carbons (Fsp3) is 0.312. The zero-order valence-corrected chi connectivity index (χ0v) is 16.2. The van der Waals surface area contributed by atoms with Gasteiger partial charge in [0.05, 0.1) is 16.7 Å². The number of rotatable bonds is 5. The summed E-state index contributed by atoms with van der Waals surface area (Å²) in [5, 5.41) is 17.4. The van der Waals surface area contributed by atoms with Crippen molar-refractivity contribution in [2.24, 2.45) is 0 Å². The maximum atomic E-state index is 12.7. The van der Waals surface area contributed by atoms with Gasteiger partial charge in [-0.1, -0.05) is 17.8 Å². The van der Waals surface area contributed by atoms with Crippen molar-refractivity contribution in [3.05, 3.63) is 39.1 Å². The van der Waals surface area contributed by atoms with Crippen LogP contribution in [0.4, 0.5) is 0 Å². The van der Waals surface area contributed by atoms with Crippen LogP contribution >= 0.6 is 34.4 Å². The van der Waals surface area contributed by atoms with Crippen LogP contribution in [0, 0.1) is 0 Å². The van der Waals surface area contributed by atoms with Gasteiger partial charge < -0.3 is 4.98 Å². The van der Waals surface area contributed by atoms with Gasteiger partial charge in [-0.3, -0.25) is 4.79 Å². The van der Waals surface area contributed by atoms with E-state index >= 15 is 0 Å². The van der Waals surface area contributed by atoms with Gasteiger partial charge in [0, 0.05) is 15.8 Å². The number of H-pyrrole nitrogens is 1. The standard InChI is InChI=1S/C16H14N6OS3/c1-8(26-16-19-20-21-22(16)9-4-5-9)13-17-14(23)12-10(7-25-15(12)18-13)11-3-2-6-24-11/h2-3,6-9H,4-5H2,1H3,(H,17,18,23)/t8-/m0/s1. The Balaban J connectivity index is 1.49. The monoisotopic (exact) mass is 402 g/mol. The second-order valence-corrected chi connectivity index (χ2v) is 9.27. The third-order valence-electron chi connectivity index (χ3n) is 4.27. The minimum atomic E-state index is -0.0936. The van der Waals surface area contributed by atoms with Crippen LogP contribution in [-0.4, -0.2) is 30.2 Å². The van der Waals surface area contributed by atoms with E-state index in [2.05, 4.69) is 20.5 Å². The number of thiophene rings is 2. The van der Waals surface area contributed by atoms with Crippen LogP contribution in [0.5, 0.6) is 0 Å². The van der Waals surface area contributed by atoms with E-state index in [4.69, 9.17) is 4.98 Å². The molecule has 4 aromatic heterocycles. The molecular formula is C16H14N6OS3. The topological polar surface area (TPSA) is 89.3 Å². The Morgan fingerprint density at radius 2 is 2.27 bits per heavy atom. The largest absolute Gasteiger partial charge is 0.309 e. The molecule has 0 bridgehead atoms. The lowest BCUT2D eigenvalue weighted by Crippen LogP contribution is -2.12. The highest BCUT2D eigenvalue weighted by Gasteiger charge is 2.29. The molecule has 4 heterocycles. The molecule has 0 unspecified atom stereocenters. The van der Waals surface area contributed by atoms with Crippen molar-refractivity contribution in [1.82, 2.24) is 30.2 Å². The summed E-state index contributed by atoms with van der Waals surface area (Å²) < 4.78 is 1.87. The van der Waals surface area contributed by atoms with Crippen molar-refractivity contribution in [2.45, 2.75) is 36.2 Å². The third kappa shape index (κ3) is 2.78. The number of tetrazole rings is 1. The Morgan fingerprint density at radius 1 is 1.38 bits per heavy atom. The summed E-state index contributed by atoms with van der Waals surface area (Å²) in [6, 6.07) is 4.43. The fourth-order valence-electron chi connectivity index (χ4n) is 2.80. The molecule has 7 nitrogen and oxygen atoms in total. The van der Waals surface area contributed by atoms with Crippen molar-refractivity contribution < 1.29 is 0 Å². The summed E-state index contributed by atoms with van der Waals surface area (Å²) in [7, 11) is 0. The number of aromatic amines is 1.